The van der Waals surface area contributed by atoms with Crippen molar-refractivity contribution in [2.24, 2.45) is 0 Å². The average molecular weight is 392 g/mol. The minimum Gasteiger partial charge on any atom is -0.352 e. The van der Waals surface area contributed by atoms with Crippen LogP contribution >= 0.6 is 11.3 Å². The van der Waals surface area contributed by atoms with Crippen LogP contribution in [0.15, 0.2) is 54.9 Å². The third-order valence-corrected chi connectivity index (χ3v) is 5.97. The smallest absolute Gasteiger partial charge is 0.283 e. The maximum absolute atomic E-state index is 13.3. The molecular weight excluding hydrogens is 372 g/mol. The summed E-state index contributed by atoms with van der Waals surface area (Å²) >= 11 is 1.34. The molecule has 7 heteroatoms. The van der Waals surface area contributed by atoms with Gasteiger partial charge < -0.3 is 10.2 Å². The lowest BCUT2D eigenvalue weighted by atomic mass is 9.99. The normalized spacial score (nSPS) is 15.9. The number of carbonyl (C=O) groups excluding carboxylic acids is 2. The van der Waals surface area contributed by atoms with E-state index >= 15 is 0 Å². The molecule has 2 aromatic heterocycles. The molecule has 2 amide bonds. The molecule has 1 aliphatic heterocycles. The Morgan fingerprint density at radius 1 is 1.14 bits per heavy atom. The molecule has 1 saturated heterocycles. The summed E-state index contributed by atoms with van der Waals surface area (Å²) in [5.41, 5.74) is 1.68. The van der Waals surface area contributed by atoms with E-state index in [1.165, 1.54) is 11.3 Å². The summed E-state index contributed by atoms with van der Waals surface area (Å²) in [7, 11) is 0. The van der Waals surface area contributed by atoms with Gasteiger partial charge >= 0.3 is 0 Å². The Labute approximate surface area is 167 Å². The Morgan fingerprint density at radius 2 is 1.89 bits per heavy atom. The molecule has 1 aromatic carbocycles. The number of carbonyl (C=O) groups is 2. The fourth-order valence-electron chi connectivity index (χ4n) is 3.27. The zero-order valence-corrected chi connectivity index (χ0v) is 16.5. The molecule has 1 fully saturated rings. The third kappa shape index (κ3) is 3.18. The number of pyridine rings is 1. The standard InChI is InChI=1S/C21H20N4O2S/c1-21(2)20(27)23-11-12-25(21)19(26)18-24-16(14-7-4-3-5-8-14)17(28-18)15-9-6-10-22-13-15/h3-10,13H,11-12H2,1-2H3,(H,23,27). The van der Waals surface area contributed by atoms with Gasteiger partial charge in [0.1, 0.15) is 5.54 Å². The van der Waals surface area contributed by atoms with Crippen molar-refractivity contribution >= 4 is 23.2 Å². The number of nitrogens with one attached hydrogen (secondary N) is 1. The van der Waals surface area contributed by atoms with E-state index in [0.717, 1.165) is 21.7 Å². The summed E-state index contributed by atoms with van der Waals surface area (Å²) in [6, 6.07) is 13.6. The molecule has 3 aromatic rings. The second-order valence-electron chi connectivity index (χ2n) is 7.08. The van der Waals surface area contributed by atoms with Crippen molar-refractivity contribution in [1.82, 2.24) is 20.2 Å². The molecule has 4 rings (SSSR count). The maximum Gasteiger partial charge on any atom is 0.283 e. The van der Waals surface area contributed by atoms with Crippen LogP contribution in [0, 0.1) is 0 Å². The average Bonchev–Trinajstić information content (AvgIpc) is 3.16. The number of nitrogens with zero attached hydrogens (tertiary/aromatic N) is 3. The second-order valence-corrected chi connectivity index (χ2v) is 8.08. The molecule has 0 aliphatic carbocycles. The minimum atomic E-state index is -0.914. The Kier molecular flexibility index (Phi) is 4.68. The van der Waals surface area contributed by atoms with Gasteiger partial charge in [-0.3, -0.25) is 14.6 Å². The first kappa shape index (κ1) is 18.3. The van der Waals surface area contributed by atoms with Crippen molar-refractivity contribution in [2.45, 2.75) is 19.4 Å². The Balaban J connectivity index is 1.80. The zero-order chi connectivity index (χ0) is 19.7. The van der Waals surface area contributed by atoms with E-state index in [1.807, 2.05) is 42.5 Å². The molecule has 142 valence electrons. The number of hydrogen-bond acceptors (Lipinski definition) is 5. The van der Waals surface area contributed by atoms with Gasteiger partial charge in [-0.1, -0.05) is 36.4 Å². The monoisotopic (exact) mass is 392 g/mol. The molecule has 3 heterocycles. The first-order valence-electron chi connectivity index (χ1n) is 9.05. The number of benzene rings is 1. The van der Waals surface area contributed by atoms with Crippen LogP contribution < -0.4 is 5.32 Å². The van der Waals surface area contributed by atoms with Gasteiger partial charge in [0.05, 0.1) is 10.6 Å². The lowest BCUT2D eigenvalue weighted by Crippen LogP contribution is -2.63. The van der Waals surface area contributed by atoms with E-state index in [-0.39, 0.29) is 11.8 Å². The van der Waals surface area contributed by atoms with Crippen molar-refractivity contribution in [3.63, 3.8) is 0 Å². The van der Waals surface area contributed by atoms with Crippen molar-refractivity contribution in [3.8, 4) is 21.7 Å². The van der Waals surface area contributed by atoms with E-state index in [1.54, 1.807) is 31.1 Å². The van der Waals surface area contributed by atoms with E-state index in [4.69, 9.17) is 4.98 Å². The van der Waals surface area contributed by atoms with E-state index in [9.17, 15) is 9.59 Å². The summed E-state index contributed by atoms with van der Waals surface area (Å²) < 4.78 is 0. The van der Waals surface area contributed by atoms with E-state index in [2.05, 4.69) is 10.3 Å². The maximum atomic E-state index is 13.3. The summed E-state index contributed by atoms with van der Waals surface area (Å²) in [5, 5.41) is 3.19. The molecule has 0 saturated carbocycles. The first-order valence-corrected chi connectivity index (χ1v) is 9.87. The molecule has 0 bridgehead atoms. The number of thiazole rings is 1. The predicted molar refractivity (Wildman–Crippen MR) is 109 cm³/mol. The van der Waals surface area contributed by atoms with Crippen LogP contribution in [0.25, 0.3) is 21.7 Å². The van der Waals surface area contributed by atoms with Gasteiger partial charge in [-0.15, -0.1) is 11.3 Å². The van der Waals surface area contributed by atoms with Crippen LogP contribution in [0.5, 0.6) is 0 Å². The zero-order valence-electron chi connectivity index (χ0n) is 15.7. The van der Waals surface area contributed by atoms with Gasteiger partial charge in [-0.05, 0) is 19.9 Å². The van der Waals surface area contributed by atoms with Crippen molar-refractivity contribution in [1.29, 1.82) is 0 Å². The highest BCUT2D eigenvalue weighted by Crippen LogP contribution is 2.37. The Morgan fingerprint density at radius 3 is 2.61 bits per heavy atom. The minimum absolute atomic E-state index is 0.153. The lowest BCUT2D eigenvalue weighted by Gasteiger charge is -2.40. The quantitative estimate of drug-likeness (QED) is 0.743. The highest BCUT2D eigenvalue weighted by atomic mass is 32.1. The summed E-state index contributed by atoms with van der Waals surface area (Å²) in [6.07, 6.45) is 3.49. The summed E-state index contributed by atoms with van der Waals surface area (Å²) in [5.74, 6) is -0.378. The summed E-state index contributed by atoms with van der Waals surface area (Å²) in [6.45, 7) is 4.42. The molecule has 0 atom stereocenters. The van der Waals surface area contributed by atoms with Gasteiger partial charge in [0.15, 0.2) is 5.01 Å². The molecule has 6 nitrogen and oxygen atoms in total. The number of piperazine rings is 1. The van der Waals surface area contributed by atoms with E-state index in [0.29, 0.717) is 18.1 Å². The van der Waals surface area contributed by atoms with Crippen LogP contribution in [0.2, 0.25) is 0 Å². The highest BCUT2D eigenvalue weighted by molar-refractivity contribution is 7.17. The van der Waals surface area contributed by atoms with Crippen LogP contribution in [0.3, 0.4) is 0 Å². The first-order chi connectivity index (χ1) is 13.5. The van der Waals surface area contributed by atoms with Crippen LogP contribution in [0.1, 0.15) is 23.6 Å². The van der Waals surface area contributed by atoms with Crippen molar-refractivity contribution in [2.75, 3.05) is 13.1 Å². The topological polar surface area (TPSA) is 75.2 Å². The second kappa shape index (κ2) is 7.16. The molecule has 0 radical (unpaired) electrons. The van der Waals surface area contributed by atoms with Gasteiger partial charge in [0, 0.05) is 36.6 Å². The van der Waals surface area contributed by atoms with Gasteiger partial charge in [0.25, 0.3) is 5.91 Å². The largest absolute Gasteiger partial charge is 0.352 e. The molecule has 0 unspecified atom stereocenters. The molecule has 1 aliphatic rings. The fraction of sp³-hybridized carbons (Fsp3) is 0.238. The molecule has 1 N–H and O–H groups in total. The Bertz CT molecular complexity index is 958. The molecular formula is C21H20N4O2S. The van der Waals surface area contributed by atoms with Crippen LogP contribution in [-0.4, -0.2) is 45.3 Å². The van der Waals surface area contributed by atoms with Gasteiger partial charge in [-0.2, -0.15) is 0 Å². The van der Waals surface area contributed by atoms with Crippen LogP contribution in [0.4, 0.5) is 0 Å². The van der Waals surface area contributed by atoms with Gasteiger partial charge in [0.2, 0.25) is 5.91 Å². The van der Waals surface area contributed by atoms with Gasteiger partial charge in [-0.25, -0.2) is 4.98 Å². The van der Waals surface area contributed by atoms with Crippen molar-refractivity contribution in [3.05, 3.63) is 59.9 Å². The number of amides is 2. The SMILES string of the molecule is CC1(C)C(=O)NCCN1C(=O)c1nc(-c2ccccc2)c(-c2cccnc2)s1. The molecule has 0 spiro atoms. The predicted octanol–water partition coefficient (Wildman–Crippen LogP) is 3.22. The third-order valence-electron chi connectivity index (χ3n) is 4.88. The number of hydrogen-bond donors (Lipinski definition) is 1. The summed E-state index contributed by atoms with van der Waals surface area (Å²) in [4.78, 5) is 36.9. The fourth-order valence-corrected chi connectivity index (χ4v) is 4.29. The highest BCUT2D eigenvalue weighted by Gasteiger charge is 2.41. The van der Waals surface area contributed by atoms with Crippen molar-refractivity contribution < 1.29 is 9.59 Å². The van der Waals surface area contributed by atoms with Crippen LogP contribution in [-0.2, 0) is 4.79 Å². The Hall–Kier alpha value is -3.06. The number of aromatic nitrogens is 2. The lowest BCUT2D eigenvalue weighted by molar-refractivity contribution is -0.133. The number of rotatable bonds is 3. The molecule has 28 heavy (non-hydrogen) atoms. The van der Waals surface area contributed by atoms with E-state index < -0.39 is 5.54 Å².